The van der Waals surface area contributed by atoms with Gasteiger partial charge >= 0.3 is 5.97 Å². The van der Waals surface area contributed by atoms with E-state index in [2.05, 4.69) is 10.2 Å². The molecule has 0 spiro atoms. The average molecular weight is 225 g/mol. The second-order valence-corrected chi connectivity index (χ2v) is 3.73. The van der Waals surface area contributed by atoms with Crippen molar-refractivity contribution < 1.29 is 14.7 Å². The number of rotatable bonds is 4. The number of nitrogens with zero attached hydrogens (tertiary/aromatic N) is 2. The van der Waals surface area contributed by atoms with E-state index in [1.54, 1.807) is 0 Å². The van der Waals surface area contributed by atoms with Crippen LogP contribution in [0.4, 0.5) is 0 Å². The summed E-state index contributed by atoms with van der Waals surface area (Å²) >= 11 is 0. The lowest BCUT2D eigenvalue weighted by Gasteiger charge is -2.14. The van der Waals surface area contributed by atoms with E-state index in [9.17, 15) is 9.59 Å². The number of aliphatic carboxylic acids is 1. The Morgan fingerprint density at radius 1 is 1.44 bits per heavy atom. The molecule has 2 N–H and O–H groups in total. The average Bonchev–Trinajstić information content (AvgIpc) is 2.48. The van der Waals surface area contributed by atoms with Gasteiger partial charge in [0.15, 0.2) is 0 Å². The van der Waals surface area contributed by atoms with Crippen molar-refractivity contribution in [1.82, 2.24) is 15.1 Å². The first-order valence-corrected chi connectivity index (χ1v) is 4.88. The van der Waals surface area contributed by atoms with Crippen LogP contribution in [0.1, 0.15) is 17.0 Å². The number of likely N-dealkylation sites (N-methyl/N-ethyl adjacent to an activating group) is 1. The van der Waals surface area contributed by atoms with E-state index in [1.807, 2.05) is 13.8 Å². The van der Waals surface area contributed by atoms with Crippen LogP contribution in [0.25, 0.3) is 0 Å². The molecule has 0 aliphatic rings. The molecule has 0 aliphatic heterocycles. The van der Waals surface area contributed by atoms with Crippen LogP contribution in [-0.4, -0.2) is 45.7 Å². The van der Waals surface area contributed by atoms with E-state index in [0.717, 1.165) is 17.0 Å². The third-order valence-electron chi connectivity index (χ3n) is 2.41. The number of nitrogens with one attached hydrogen (secondary N) is 1. The van der Waals surface area contributed by atoms with E-state index < -0.39 is 5.97 Å². The van der Waals surface area contributed by atoms with Gasteiger partial charge in [-0.05, 0) is 13.8 Å². The molecule has 88 valence electrons. The number of aromatic amines is 1. The Kier molecular flexibility index (Phi) is 3.65. The van der Waals surface area contributed by atoms with E-state index in [-0.39, 0.29) is 18.9 Å². The van der Waals surface area contributed by atoms with Gasteiger partial charge in [-0.1, -0.05) is 0 Å². The van der Waals surface area contributed by atoms with Crippen molar-refractivity contribution in [2.45, 2.75) is 20.3 Å². The Labute approximate surface area is 93.3 Å². The molecule has 1 heterocycles. The molecule has 0 fully saturated rings. The molecular formula is C10H15N3O3. The minimum Gasteiger partial charge on any atom is -0.480 e. The summed E-state index contributed by atoms with van der Waals surface area (Å²) in [5.74, 6) is -1.24. The van der Waals surface area contributed by atoms with E-state index in [1.165, 1.54) is 11.9 Å². The van der Waals surface area contributed by atoms with Crippen molar-refractivity contribution in [2.75, 3.05) is 13.6 Å². The fourth-order valence-corrected chi connectivity index (χ4v) is 1.41. The van der Waals surface area contributed by atoms with Crippen LogP contribution in [0, 0.1) is 13.8 Å². The molecule has 0 atom stereocenters. The third-order valence-corrected chi connectivity index (χ3v) is 2.41. The molecular weight excluding hydrogens is 210 g/mol. The highest BCUT2D eigenvalue weighted by Gasteiger charge is 2.16. The van der Waals surface area contributed by atoms with Crippen LogP contribution in [0.3, 0.4) is 0 Å². The minimum atomic E-state index is -1.02. The standard InChI is InChI=1S/C10H15N3O3/c1-6-8(7(2)12-11-6)4-9(14)13(3)5-10(15)16/h4-5H2,1-3H3,(H,11,12)(H,15,16). The Morgan fingerprint density at radius 3 is 2.50 bits per heavy atom. The van der Waals surface area contributed by atoms with Gasteiger partial charge in [0, 0.05) is 18.3 Å². The molecule has 0 saturated carbocycles. The predicted octanol–water partition coefficient (Wildman–Crippen LogP) is 0.112. The van der Waals surface area contributed by atoms with Gasteiger partial charge < -0.3 is 10.0 Å². The Morgan fingerprint density at radius 2 is 2.06 bits per heavy atom. The molecule has 0 radical (unpaired) electrons. The summed E-state index contributed by atoms with van der Waals surface area (Å²) in [6.07, 6.45) is 0.179. The van der Waals surface area contributed by atoms with Crippen molar-refractivity contribution in [3.63, 3.8) is 0 Å². The maximum Gasteiger partial charge on any atom is 0.323 e. The smallest absolute Gasteiger partial charge is 0.323 e. The number of aromatic nitrogens is 2. The fourth-order valence-electron chi connectivity index (χ4n) is 1.41. The van der Waals surface area contributed by atoms with Gasteiger partial charge in [0.25, 0.3) is 0 Å². The Balaban J connectivity index is 2.68. The normalized spacial score (nSPS) is 10.2. The number of hydrogen-bond acceptors (Lipinski definition) is 3. The highest BCUT2D eigenvalue weighted by atomic mass is 16.4. The summed E-state index contributed by atoms with van der Waals surface area (Å²) in [6.45, 7) is 3.36. The lowest BCUT2D eigenvalue weighted by molar-refractivity contribution is -0.143. The monoisotopic (exact) mass is 225 g/mol. The molecule has 1 amide bonds. The Hall–Kier alpha value is -1.85. The van der Waals surface area contributed by atoms with Crippen LogP contribution < -0.4 is 0 Å². The van der Waals surface area contributed by atoms with Gasteiger partial charge in [0.2, 0.25) is 5.91 Å². The highest BCUT2D eigenvalue weighted by Crippen LogP contribution is 2.10. The van der Waals surface area contributed by atoms with Crippen molar-refractivity contribution in [2.24, 2.45) is 0 Å². The van der Waals surface area contributed by atoms with Crippen LogP contribution >= 0.6 is 0 Å². The first-order chi connectivity index (χ1) is 7.41. The number of carboxylic acid groups (broad SMARTS) is 1. The van der Waals surface area contributed by atoms with Crippen molar-refractivity contribution in [3.8, 4) is 0 Å². The van der Waals surface area contributed by atoms with Crippen LogP contribution in [0.2, 0.25) is 0 Å². The first kappa shape index (κ1) is 12.2. The van der Waals surface area contributed by atoms with Gasteiger partial charge in [0.1, 0.15) is 6.54 Å². The van der Waals surface area contributed by atoms with Crippen molar-refractivity contribution in [3.05, 3.63) is 17.0 Å². The van der Waals surface area contributed by atoms with Crippen LogP contribution in [0.15, 0.2) is 0 Å². The first-order valence-electron chi connectivity index (χ1n) is 4.88. The summed E-state index contributed by atoms with van der Waals surface area (Å²) in [5, 5.41) is 15.3. The van der Waals surface area contributed by atoms with Gasteiger partial charge in [-0.25, -0.2) is 0 Å². The van der Waals surface area contributed by atoms with Crippen LogP contribution in [0.5, 0.6) is 0 Å². The second-order valence-electron chi connectivity index (χ2n) is 3.73. The number of hydrogen-bond donors (Lipinski definition) is 2. The zero-order valence-electron chi connectivity index (χ0n) is 9.57. The molecule has 0 bridgehead atoms. The highest BCUT2D eigenvalue weighted by molar-refractivity contribution is 5.83. The summed E-state index contributed by atoms with van der Waals surface area (Å²) in [5.41, 5.74) is 2.45. The molecule has 1 aromatic heterocycles. The molecule has 6 heteroatoms. The van der Waals surface area contributed by atoms with Crippen molar-refractivity contribution >= 4 is 11.9 Å². The predicted molar refractivity (Wildman–Crippen MR) is 57.0 cm³/mol. The second kappa shape index (κ2) is 4.78. The van der Waals surface area contributed by atoms with Gasteiger partial charge in [-0.2, -0.15) is 5.10 Å². The van der Waals surface area contributed by atoms with Gasteiger partial charge in [-0.15, -0.1) is 0 Å². The molecule has 0 unspecified atom stereocenters. The fraction of sp³-hybridized carbons (Fsp3) is 0.500. The van der Waals surface area contributed by atoms with E-state index in [4.69, 9.17) is 5.11 Å². The minimum absolute atomic E-state index is 0.179. The van der Waals surface area contributed by atoms with Crippen LogP contribution in [-0.2, 0) is 16.0 Å². The summed E-state index contributed by atoms with van der Waals surface area (Å²) in [4.78, 5) is 23.3. The van der Waals surface area contributed by atoms with E-state index in [0.29, 0.717) is 0 Å². The lowest BCUT2D eigenvalue weighted by Crippen LogP contribution is -2.33. The maximum atomic E-state index is 11.7. The molecule has 0 aromatic carbocycles. The molecule has 16 heavy (non-hydrogen) atoms. The number of H-pyrrole nitrogens is 1. The Bertz CT molecular complexity index is 392. The number of aryl methyl sites for hydroxylation is 2. The molecule has 0 saturated heterocycles. The summed E-state index contributed by atoms with van der Waals surface area (Å²) in [6, 6.07) is 0. The topological polar surface area (TPSA) is 86.3 Å². The number of carboxylic acids is 1. The van der Waals surface area contributed by atoms with Gasteiger partial charge in [-0.3, -0.25) is 14.7 Å². The van der Waals surface area contributed by atoms with E-state index >= 15 is 0 Å². The van der Waals surface area contributed by atoms with Crippen molar-refractivity contribution in [1.29, 1.82) is 0 Å². The number of amides is 1. The molecule has 6 nitrogen and oxygen atoms in total. The quantitative estimate of drug-likeness (QED) is 0.761. The zero-order valence-corrected chi connectivity index (χ0v) is 9.57. The third kappa shape index (κ3) is 2.82. The largest absolute Gasteiger partial charge is 0.480 e. The SMILES string of the molecule is Cc1n[nH]c(C)c1CC(=O)N(C)CC(=O)O. The maximum absolute atomic E-state index is 11.7. The zero-order chi connectivity index (χ0) is 12.3. The lowest BCUT2D eigenvalue weighted by atomic mass is 10.1. The molecule has 1 aromatic rings. The number of carbonyl (C=O) groups is 2. The number of carbonyl (C=O) groups excluding carboxylic acids is 1. The summed E-state index contributed by atoms with van der Waals surface area (Å²) in [7, 11) is 1.47. The van der Waals surface area contributed by atoms with Gasteiger partial charge in [0.05, 0.1) is 12.1 Å². The summed E-state index contributed by atoms with van der Waals surface area (Å²) < 4.78 is 0. The molecule has 1 rings (SSSR count). The molecule has 0 aliphatic carbocycles.